The Balaban J connectivity index is 2.85. The maximum atomic E-state index is 12.6. The van der Waals surface area contributed by atoms with Crippen LogP contribution >= 0.6 is 11.6 Å². The number of halogens is 2. The molecule has 1 aromatic carbocycles. The first-order valence-corrected chi connectivity index (χ1v) is 4.18. The van der Waals surface area contributed by atoms with Crippen molar-refractivity contribution in [3.63, 3.8) is 0 Å². The zero-order valence-corrected chi connectivity index (χ0v) is 8.08. The van der Waals surface area contributed by atoms with E-state index in [1.54, 1.807) is 13.0 Å². The van der Waals surface area contributed by atoms with Crippen molar-refractivity contribution in [2.75, 3.05) is 0 Å². The smallest absolute Gasteiger partial charge is 0.378 e. The SMILES string of the molecule is Cc1ccc(Cl)c(OC(F)C(=O)O)c1. The number of alkyl halides is 1. The van der Waals surface area contributed by atoms with E-state index in [0.717, 1.165) is 5.56 Å². The summed E-state index contributed by atoms with van der Waals surface area (Å²) in [5.74, 6) is -1.65. The fraction of sp³-hybridized carbons (Fsp3) is 0.222. The molecule has 0 radical (unpaired) electrons. The van der Waals surface area contributed by atoms with Crippen LogP contribution < -0.4 is 4.74 Å². The van der Waals surface area contributed by atoms with E-state index in [-0.39, 0.29) is 10.8 Å². The molecule has 3 nitrogen and oxygen atoms in total. The maximum absolute atomic E-state index is 12.6. The van der Waals surface area contributed by atoms with Crippen molar-refractivity contribution in [2.45, 2.75) is 13.3 Å². The fourth-order valence-corrected chi connectivity index (χ4v) is 1.02. The van der Waals surface area contributed by atoms with Crippen LogP contribution in [0, 0.1) is 6.92 Å². The Kier molecular flexibility index (Phi) is 3.30. The van der Waals surface area contributed by atoms with Gasteiger partial charge in [0, 0.05) is 0 Å². The van der Waals surface area contributed by atoms with Crippen molar-refractivity contribution in [1.29, 1.82) is 0 Å². The highest BCUT2D eigenvalue weighted by molar-refractivity contribution is 6.32. The van der Waals surface area contributed by atoms with Gasteiger partial charge in [0.05, 0.1) is 5.02 Å². The second-order valence-corrected chi connectivity index (χ2v) is 3.11. The molecule has 1 unspecified atom stereocenters. The van der Waals surface area contributed by atoms with E-state index in [2.05, 4.69) is 4.74 Å². The molecule has 5 heteroatoms. The van der Waals surface area contributed by atoms with Gasteiger partial charge in [-0.1, -0.05) is 17.7 Å². The van der Waals surface area contributed by atoms with Gasteiger partial charge >= 0.3 is 12.3 Å². The highest BCUT2D eigenvalue weighted by Gasteiger charge is 2.18. The number of carbonyl (C=O) groups is 1. The van der Waals surface area contributed by atoms with Crippen molar-refractivity contribution in [3.05, 3.63) is 28.8 Å². The summed E-state index contributed by atoms with van der Waals surface area (Å²) in [6.45, 7) is 1.76. The van der Waals surface area contributed by atoms with Crippen molar-refractivity contribution >= 4 is 17.6 Å². The van der Waals surface area contributed by atoms with Crippen LogP contribution in [0.1, 0.15) is 5.56 Å². The van der Waals surface area contributed by atoms with E-state index in [1.165, 1.54) is 12.1 Å². The molecule has 0 saturated carbocycles. The molecule has 14 heavy (non-hydrogen) atoms. The number of ether oxygens (including phenoxy) is 1. The summed E-state index contributed by atoms with van der Waals surface area (Å²) >= 11 is 5.66. The molecule has 1 atom stereocenters. The topological polar surface area (TPSA) is 46.5 Å². The lowest BCUT2D eigenvalue weighted by atomic mass is 10.2. The lowest BCUT2D eigenvalue weighted by Crippen LogP contribution is -2.21. The number of carboxylic acid groups (broad SMARTS) is 1. The molecule has 76 valence electrons. The zero-order chi connectivity index (χ0) is 10.7. The van der Waals surface area contributed by atoms with Gasteiger partial charge in [0.15, 0.2) is 0 Å². The molecule has 0 aliphatic rings. The van der Waals surface area contributed by atoms with Crippen molar-refractivity contribution < 1.29 is 19.0 Å². The molecule has 0 aliphatic carbocycles. The summed E-state index contributed by atoms with van der Waals surface area (Å²) in [5.41, 5.74) is 0.807. The molecule has 1 N–H and O–H groups in total. The van der Waals surface area contributed by atoms with Gasteiger partial charge < -0.3 is 9.84 Å². The summed E-state index contributed by atoms with van der Waals surface area (Å²) in [6.07, 6.45) is -2.39. The molecule has 0 aliphatic heterocycles. The van der Waals surface area contributed by atoms with Crippen molar-refractivity contribution in [1.82, 2.24) is 0 Å². The first-order chi connectivity index (χ1) is 6.50. The standard InChI is InChI=1S/C9H8ClFO3/c1-5-2-3-6(10)7(4-5)14-8(11)9(12)13/h2-4,8H,1H3,(H,12,13). The number of aliphatic carboxylic acids is 1. The van der Waals surface area contributed by atoms with Gasteiger partial charge in [0.1, 0.15) is 5.75 Å². The van der Waals surface area contributed by atoms with Crippen molar-refractivity contribution in [3.8, 4) is 5.75 Å². The zero-order valence-electron chi connectivity index (χ0n) is 7.33. The van der Waals surface area contributed by atoms with Gasteiger partial charge in [-0.3, -0.25) is 0 Å². The molecular weight excluding hydrogens is 211 g/mol. The molecule has 0 amide bonds. The number of carboxylic acids is 1. The van der Waals surface area contributed by atoms with E-state index >= 15 is 0 Å². The van der Waals surface area contributed by atoms with Gasteiger partial charge in [0.25, 0.3) is 0 Å². The van der Waals surface area contributed by atoms with E-state index in [1.807, 2.05) is 0 Å². The maximum Gasteiger partial charge on any atom is 0.378 e. The van der Waals surface area contributed by atoms with Crippen LogP contribution in [0.2, 0.25) is 5.02 Å². The van der Waals surface area contributed by atoms with E-state index in [0.29, 0.717) is 0 Å². The Bertz CT molecular complexity index is 354. The van der Waals surface area contributed by atoms with Crippen LogP contribution in [0.3, 0.4) is 0 Å². The third kappa shape index (κ3) is 2.60. The van der Waals surface area contributed by atoms with Crippen LogP contribution in [0.4, 0.5) is 4.39 Å². The predicted molar refractivity (Wildman–Crippen MR) is 49.3 cm³/mol. The average molecular weight is 219 g/mol. The minimum Gasteiger partial charge on any atom is -0.476 e. The Morgan fingerprint density at radius 2 is 2.29 bits per heavy atom. The number of aryl methyl sites for hydroxylation is 1. The quantitative estimate of drug-likeness (QED) is 0.848. The summed E-state index contributed by atoms with van der Waals surface area (Å²) in [6, 6.07) is 4.70. The summed E-state index contributed by atoms with van der Waals surface area (Å²) in [7, 11) is 0. The largest absolute Gasteiger partial charge is 0.476 e. The minimum absolute atomic E-state index is 0.0292. The fourth-order valence-electron chi connectivity index (χ4n) is 0.863. The Labute approximate surface area is 85.1 Å². The Hall–Kier alpha value is -1.29. The van der Waals surface area contributed by atoms with Gasteiger partial charge in [-0.25, -0.2) is 4.79 Å². The van der Waals surface area contributed by atoms with Gasteiger partial charge in [-0.15, -0.1) is 0 Å². The number of hydrogen-bond donors (Lipinski definition) is 1. The molecule has 0 heterocycles. The third-order valence-corrected chi connectivity index (χ3v) is 1.82. The number of rotatable bonds is 3. The molecule has 0 bridgehead atoms. The molecule has 0 fully saturated rings. The van der Waals surface area contributed by atoms with Crippen LogP contribution in [0.5, 0.6) is 5.75 Å². The molecule has 0 saturated heterocycles. The van der Waals surface area contributed by atoms with Crippen LogP contribution in [-0.4, -0.2) is 17.4 Å². The Morgan fingerprint density at radius 1 is 1.64 bits per heavy atom. The second kappa shape index (κ2) is 4.28. The van der Waals surface area contributed by atoms with Gasteiger partial charge in [-0.05, 0) is 24.6 Å². The first kappa shape index (κ1) is 10.8. The van der Waals surface area contributed by atoms with Crippen LogP contribution in [-0.2, 0) is 4.79 Å². The average Bonchev–Trinajstić information content (AvgIpc) is 2.11. The highest BCUT2D eigenvalue weighted by atomic mass is 35.5. The molecule has 0 spiro atoms. The minimum atomic E-state index is -2.39. The number of benzene rings is 1. The van der Waals surface area contributed by atoms with Gasteiger partial charge in [-0.2, -0.15) is 4.39 Å². The predicted octanol–water partition coefficient (Wildman–Crippen LogP) is 2.41. The number of hydrogen-bond acceptors (Lipinski definition) is 2. The van der Waals surface area contributed by atoms with Gasteiger partial charge in [0.2, 0.25) is 0 Å². The summed E-state index contributed by atoms with van der Waals surface area (Å²) < 4.78 is 17.1. The molecular formula is C9H8ClFO3. The Morgan fingerprint density at radius 3 is 2.86 bits per heavy atom. The van der Waals surface area contributed by atoms with E-state index in [9.17, 15) is 9.18 Å². The summed E-state index contributed by atoms with van der Waals surface area (Å²) in [4.78, 5) is 10.2. The van der Waals surface area contributed by atoms with E-state index < -0.39 is 12.3 Å². The third-order valence-electron chi connectivity index (χ3n) is 1.51. The second-order valence-electron chi connectivity index (χ2n) is 2.71. The summed E-state index contributed by atoms with van der Waals surface area (Å²) in [5, 5.41) is 8.44. The van der Waals surface area contributed by atoms with Crippen molar-refractivity contribution in [2.24, 2.45) is 0 Å². The molecule has 1 rings (SSSR count). The van der Waals surface area contributed by atoms with E-state index in [4.69, 9.17) is 16.7 Å². The first-order valence-electron chi connectivity index (χ1n) is 3.80. The van der Waals surface area contributed by atoms with Crippen LogP contribution in [0.25, 0.3) is 0 Å². The normalized spacial score (nSPS) is 12.2. The highest BCUT2D eigenvalue weighted by Crippen LogP contribution is 2.26. The monoisotopic (exact) mass is 218 g/mol. The molecule has 1 aromatic rings. The lowest BCUT2D eigenvalue weighted by Gasteiger charge is -2.09. The molecule has 0 aromatic heterocycles. The lowest BCUT2D eigenvalue weighted by molar-refractivity contribution is -0.153. The van der Waals surface area contributed by atoms with Crippen LogP contribution in [0.15, 0.2) is 18.2 Å².